The van der Waals surface area contributed by atoms with Crippen LogP contribution in [0.5, 0.6) is 0 Å². The predicted molar refractivity (Wildman–Crippen MR) is 43.7 cm³/mol. The Kier molecular flexibility index (Phi) is 2.21. The molecule has 0 aromatic carbocycles. The van der Waals surface area contributed by atoms with Crippen LogP contribution in [0.25, 0.3) is 0 Å². The first-order valence-electron chi connectivity index (χ1n) is 3.36. The van der Waals surface area contributed by atoms with Crippen LogP contribution in [-0.2, 0) is 0 Å². The first-order valence-corrected chi connectivity index (χ1v) is 3.36. The van der Waals surface area contributed by atoms with Crippen LogP contribution in [0.4, 0.5) is 0 Å². The van der Waals surface area contributed by atoms with Gasteiger partial charge in [0.15, 0.2) is 6.21 Å². The van der Waals surface area contributed by atoms with Crippen LogP contribution in [-0.4, -0.2) is 23.0 Å². The van der Waals surface area contributed by atoms with E-state index in [1.54, 1.807) is 6.20 Å². The van der Waals surface area contributed by atoms with Crippen LogP contribution >= 0.6 is 0 Å². The van der Waals surface area contributed by atoms with E-state index in [1.807, 2.05) is 19.1 Å². The molecule has 0 saturated heterocycles. The number of aryl methyl sites for hydroxylation is 1. The lowest BCUT2D eigenvalue weighted by molar-refractivity contribution is -0.416. The number of hydrogen-bond acceptors (Lipinski definition) is 2. The summed E-state index contributed by atoms with van der Waals surface area (Å²) < 4.78 is 0.734. The van der Waals surface area contributed by atoms with Crippen molar-refractivity contribution in [2.75, 3.05) is 7.05 Å². The van der Waals surface area contributed by atoms with Gasteiger partial charge in [-0.2, -0.15) is 0 Å². The fraction of sp³-hybridized carbons (Fsp3) is 0.250. The van der Waals surface area contributed by atoms with Crippen LogP contribution in [0.1, 0.15) is 11.3 Å². The van der Waals surface area contributed by atoms with Crippen LogP contribution < -0.4 is 0 Å². The predicted octanol–water partition coefficient (Wildman–Crippen LogP) is 0.949. The maximum absolute atomic E-state index is 10.5. The molecule has 0 atom stereocenters. The van der Waals surface area contributed by atoms with Gasteiger partial charge in [-0.15, -0.1) is 0 Å². The minimum absolute atomic E-state index is 0.688. The standard InChI is InChI=1S/C8H10N2O/c1-7-3-4-8(9-5-7)6-10(2)11/h3-6H,1-2H3/b10-6-. The van der Waals surface area contributed by atoms with E-state index in [1.165, 1.54) is 13.3 Å². The molecule has 0 aliphatic rings. The molecule has 1 aromatic rings. The third-order valence-corrected chi connectivity index (χ3v) is 1.25. The molecule has 1 rings (SSSR count). The van der Waals surface area contributed by atoms with Gasteiger partial charge in [0.1, 0.15) is 12.7 Å². The summed E-state index contributed by atoms with van der Waals surface area (Å²) in [4.78, 5) is 4.02. The maximum atomic E-state index is 10.5. The molecule has 0 N–H and O–H groups in total. The van der Waals surface area contributed by atoms with Gasteiger partial charge < -0.3 is 5.21 Å². The van der Waals surface area contributed by atoms with Crippen molar-refractivity contribution in [1.82, 2.24) is 4.98 Å². The zero-order valence-electron chi connectivity index (χ0n) is 6.61. The molecule has 0 bridgehead atoms. The number of hydroxylamine groups is 1. The van der Waals surface area contributed by atoms with E-state index in [9.17, 15) is 5.21 Å². The van der Waals surface area contributed by atoms with Gasteiger partial charge in [0.05, 0.1) is 0 Å². The lowest BCUT2D eigenvalue weighted by Gasteiger charge is -1.94. The zero-order chi connectivity index (χ0) is 8.27. The van der Waals surface area contributed by atoms with E-state index >= 15 is 0 Å². The number of aromatic nitrogens is 1. The molecule has 0 spiro atoms. The Hall–Kier alpha value is -1.38. The summed E-state index contributed by atoms with van der Waals surface area (Å²) in [5.74, 6) is 0. The summed E-state index contributed by atoms with van der Waals surface area (Å²) in [6.45, 7) is 1.96. The van der Waals surface area contributed by atoms with Gasteiger partial charge in [-0.05, 0) is 18.6 Å². The highest BCUT2D eigenvalue weighted by Crippen LogP contribution is 1.94. The topological polar surface area (TPSA) is 39.0 Å². The Morgan fingerprint density at radius 1 is 1.55 bits per heavy atom. The zero-order valence-corrected chi connectivity index (χ0v) is 6.61. The number of pyridine rings is 1. The van der Waals surface area contributed by atoms with Crippen LogP contribution in [0, 0.1) is 12.1 Å². The van der Waals surface area contributed by atoms with E-state index in [4.69, 9.17) is 0 Å². The lowest BCUT2D eigenvalue weighted by Crippen LogP contribution is -1.99. The van der Waals surface area contributed by atoms with E-state index in [0.717, 1.165) is 10.3 Å². The molecule has 58 valence electrons. The Morgan fingerprint density at radius 2 is 2.27 bits per heavy atom. The molecule has 1 heterocycles. The fourth-order valence-electron chi connectivity index (χ4n) is 0.742. The molecule has 1 aromatic heterocycles. The average molecular weight is 150 g/mol. The van der Waals surface area contributed by atoms with Crippen molar-refractivity contribution in [3.8, 4) is 0 Å². The highest BCUT2D eigenvalue weighted by atomic mass is 16.5. The summed E-state index contributed by atoms with van der Waals surface area (Å²) >= 11 is 0. The SMILES string of the molecule is Cc1ccc(/C=[N+](/C)[O-])nc1. The Morgan fingerprint density at radius 3 is 2.73 bits per heavy atom. The van der Waals surface area contributed by atoms with E-state index in [-0.39, 0.29) is 0 Å². The van der Waals surface area contributed by atoms with Crippen molar-refractivity contribution in [2.24, 2.45) is 0 Å². The van der Waals surface area contributed by atoms with Crippen molar-refractivity contribution in [3.63, 3.8) is 0 Å². The van der Waals surface area contributed by atoms with Gasteiger partial charge in [-0.1, -0.05) is 6.07 Å². The minimum Gasteiger partial charge on any atom is -0.624 e. The summed E-state index contributed by atoms with van der Waals surface area (Å²) in [6.07, 6.45) is 3.16. The van der Waals surface area contributed by atoms with Gasteiger partial charge >= 0.3 is 0 Å². The molecular formula is C8H10N2O. The smallest absolute Gasteiger partial charge is 0.200 e. The summed E-state index contributed by atoms with van der Waals surface area (Å²) in [7, 11) is 1.43. The van der Waals surface area contributed by atoms with Gasteiger partial charge in [-0.25, -0.2) is 4.74 Å². The van der Waals surface area contributed by atoms with Crippen LogP contribution in [0.3, 0.4) is 0 Å². The largest absolute Gasteiger partial charge is 0.624 e. The second-order valence-corrected chi connectivity index (χ2v) is 2.44. The quantitative estimate of drug-likeness (QED) is 0.259. The number of hydrogen-bond donors (Lipinski definition) is 0. The van der Waals surface area contributed by atoms with Gasteiger partial charge in [0.25, 0.3) is 0 Å². The molecule has 0 radical (unpaired) electrons. The average Bonchev–Trinajstić information content (AvgIpc) is 1.93. The number of rotatable bonds is 1. The van der Waals surface area contributed by atoms with E-state index < -0.39 is 0 Å². The number of nitrogens with zero attached hydrogens (tertiary/aromatic N) is 2. The Bertz CT molecular complexity index is 260. The maximum Gasteiger partial charge on any atom is 0.200 e. The molecule has 0 fully saturated rings. The lowest BCUT2D eigenvalue weighted by atomic mass is 10.3. The normalized spacial score (nSPS) is 11.6. The molecular weight excluding hydrogens is 140 g/mol. The molecule has 0 aliphatic carbocycles. The third kappa shape index (κ3) is 2.37. The molecule has 0 amide bonds. The Labute approximate surface area is 65.6 Å². The second-order valence-electron chi connectivity index (χ2n) is 2.44. The molecule has 11 heavy (non-hydrogen) atoms. The Balaban J connectivity index is 2.91. The van der Waals surface area contributed by atoms with Crippen molar-refractivity contribution in [2.45, 2.75) is 6.92 Å². The fourth-order valence-corrected chi connectivity index (χ4v) is 0.742. The molecule has 0 saturated carbocycles. The molecule has 3 heteroatoms. The van der Waals surface area contributed by atoms with E-state index in [2.05, 4.69) is 4.98 Å². The van der Waals surface area contributed by atoms with Crippen molar-refractivity contribution >= 4 is 6.21 Å². The van der Waals surface area contributed by atoms with Crippen LogP contribution in [0.15, 0.2) is 18.3 Å². The van der Waals surface area contributed by atoms with Crippen molar-refractivity contribution in [3.05, 3.63) is 34.8 Å². The van der Waals surface area contributed by atoms with Crippen molar-refractivity contribution < 1.29 is 4.74 Å². The molecule has 3 nitrogen and oxygen atoms in total. The van der Waals surface area contributed by atoms with Crippen molar-refractivity contribution in [1.29, 1.82) is 0 Å². The molecule has 0 aliphatic heterocycles. The molecule has 0 unspecified atom stereocenters. The highest BCUT2D eigenvalue weighted by Gasteiger charge is 1.91. The van der Waals surface area contributed by atoms with Gasteiger partial charge in [0.2, 0.25) is 0 Å². The van der Waals surface area contributed by atoms with Crippen LogP contribution in [0.2, 0.25) is 0 Å². The highest BCUT2D eigenvalue weighted by molar-refractivity contribution is 5.72. The first-order chi connectivity index (χ1) is 5.18. The summed E-state index contributed by atoms with van der Waals surface area (Å²) in [5.41, 5.74) is 1.78. The summed E-state index contributed by atoms with van der Waals surface area (Å²) in [5, 5.41) is 10.5. The van der Waals surface area contributed by atoms with Gasteiger partial charge in [-0.3, -0.25) is 4.98 Å². The monoisotopic (exact) mass is 150 g/mol. The minimum atomic E-state index is 0.688. The summed E-state index contributed by atoms with van der Waals surface area (Å²) in [6, 6.07) is 3.73. The van der Waals surface area contributed by atoms with E-state index in [0.29, 0.717) is 5.69 Å². The first kappa shape index (κ1) is 7.72. The second kappa shape index (κ2) is 3.14. The third-order valence-electron chi connectivity index (χ3n) is 1.25. The van der Waals surface area contributed by atoms with Gasteiger partial charge in [0, 0.05) is 6.20 Å².